The third kappa shape index (κ3) is 3.43. The number of carbonyl (C=O) groups is 1. The summed E-state index contributed by atoms with van der Waals surface area (Å²) in [5, 5.41) is 4.85. The smallest absolute Gasteiger partial charge is 0.228 e. The molecule has 2 heterocycles. The summed E-state index contributed by atoms with van der Waals surface area (Å²) in [7, 11) is 0. The normalized spacial score (nSPS) is 15.2. The van der Waals surface area contributed by atoms with Crippen LogP contribution >= 0.6 is 34.8 Å². The number of hydrogen-bond acceptors (Lipinski definition) is 5. The highest BCUT2D eigenvalue weighted by Crippen LogP contribution is 2.32. The van der Waals surface area contributed by atoms with E-state index in [9.17, 15) is 4.79 Å². The van der Waals surface area contributed by atoms with E-state index in [-0.39, 0.29) is 11.8 Å². The van der Waals surface area contributed by atoms with E-state index in [0.717, 1.165) is 5.56 Å². The van der Waals surface area contributed by atoms with Crippen LogP contribution in [0.3, 0.4) is 0 Å². The third-order valence-electron chi connectivity index (χ3n) is 3.80. The molecule has 1 fully saturated rings. The van der Waals surface area contributed by atoms with Gasteiger partial charge in [0.05, 0.1) is 24.8 Å². The molecule has 1 aromatic carbocycles. The van der Waals surface area contributed by atoms with E-state index in [0.29, 0.717) is 45.6 Å². The van der Waals surface area contributed by atoms with Gasteiger partial charge < -0.3 is 10.2 Å². The van der Waals surface area contributed by atoms with Crippen molar-refractivity contribution >= 4 is 52.4 Å². The molecule has 0 amide bonds. The second-order valence-electron chi connectivity index (χ2n) is 5.70. The largest absolute Gasteiger partial charge is 0.362 e. The molecule has 0 saturated carbocycles. The van der Waals surface area contributed by atoms with Gasteiger partial charge in [0.15, 0.2) is 11.6 Å². The molecule has 24 heavy (non-hydrogen) atoms. The first kappa shape index (κ1) is 17.3. The fourth-order valence-electron chi connectivity index (χ4n) is 2.44. The van der Waals surface area contributed by atoms with E-state index in [2.05, 4.69) is 15.3 Å². The number of carbonyl (C=O) groups excluding carboxylic acids is 1. The first-order chi connectivity index (χ1) is 11.3. The lowest BCUT2D eigenvalue weighted by Gasteiger charge is -2.30. The van der Waals surface area contributed by atoms with Crippen molar-refractivity contribution in [1.82, 2.24) is 9.97 Å². The third-order valence-corrected chi connectivity index (χ3v) is 4.82. The number of anilines is 2. The molecular weight excluding hydrogens is 371 g/mol. The SMILES string of the molecule is Cc1nc(N2CC(=O)C2)nc(N[C@H](C)c2ccc(Cl)cc2Cl)c1Cl. The second-order valence-corrected chi connectivity index (χ2v) is 6.92. The van der Waals surface area contributed by atoms with E-state index >= 15 is 0 Å². The lowest BCUT2D eigenvalue weighted by Crippen LogP contribution is -2.48. The number of Topliss-reactive ketones (excluding diaryl/α,β-unsaturated/α-hetero) is 1. The molecule has 1 aromatic heterocycles. The number of rotatable bonds is 4. The molecular formula is C16H15Cl3N4O. The molecule has 0 aliphatic carbocycles. The summed E-state index contributed by atoms with van der Waals surface area (Å²) in [6.45, 7) is 4.42. The summed E-state index contributed by atoms with van der Waals surface area (Å²) in [4.78, 5) is 21.8. The highest BCUT2D eigenvalue weighted by Gasteiger charge is 2.27. The van der Waals surface area contributed by atoms with Crippen LogP contribution in [-0.4, -0.2) is 28.8 Å². The van der Waals surface area contributed by atoms with Crippen molar-refractivity contribution in [2.24, 2.45) is 0 Å². The predicted octanol–water partition coefficient (Wildman–Crippen LogP) is 4.31. The van der Waals surface area contributed by atoms with Gasteiger partial charge in [-0.3, -0.25) is 4.79 Å². The van der Waals surface area contributed by atoms with E-state index in [1.165, 1.54) is 0 Å². The summed E-state index contributed by atoms with van der Waals surface area (Å²) < 4.78 is 0. The summed E-state index contributed by atoms with van der Waals surface area (Å²) in [6, 6.07) is 5.21. The van der Waals surface area contributed by atoms with Crippen molar-refractivity contribution in [3.05, 3.63) is 44.5 Å². The Morgan fingerprint density at radius 3 is 2.54 bits per heavy atom. The topological polar surface area (TPSA) is 58.1 Å². The van der Waals surface area contributed by atoms with Gasteiger partial charge in [-0.15, -0.1) is 0 Å². The molecule has 1 atom stereocenters. The van der Waals surface area contributed by atoms with Crippen LogP contribution < -0.4 is 10.2 Å². The maximum atomic E-state index is 11.2. The Kier molecular flexibility index (Phi) is 4.85. The van der Waals surface area contributed by atoms with Crippen LogP contribution in [0.2, 0.25) is 15.1 Å². The van der Waals surface area contributed by atoms with Crippen LogP contribution in [0, 0.1) is 6.92 Å². The summed E-state index contributed by atoms with van der Waals surface area (Å²) in [5.41, 5.74) is 1.53. The fourth-order valence-corrected chi connectivity index (χ4v) is 3.15. The molecule has 1 N–H and O–H groups in total. The van der Waals surface area contributed by atoms with Gasteiger partial charge >= 0.3 is 0 Å². The predicted molar refractivity (Wildman–Crippen MR) is 97.5 cm³/mol. The Hall–Kier alpha value is -1.56. The number of nitrogens with one attached hydrogen (secondary N) is 1. The average molecular weight is 386 g/mol. The molecule has 2 aromatic rings. The van der Waals surface area contributed by atoms with Crippen molar-refractivity contribution in [1.29, 1.82) is 0 Å². The van der Waals surface area contributed by atoms with Crippen LogP contribution in [0.25, 0.3) is 0 Å². The van der Waals surface area contributed by atoms with Crippen molar-refractivity contribution in [3.8, 4) is 0 Å². The average Bonchev–Trinajstić information content (AvgIpc) is 2.48. The fraction of sp³-hybridized carbons (Fsp3) is 0.312. The first-order valence-electron chi connectivity index (χ1n) is 7.37. The molecule has 0 spiro atoms. The summed E-state index contributed by atoms with van der Waals surface area (Å²) in [5.74, 6) is 1.17. The zero-order chi connectivity index (χ0) is 17.4. The van der Waals surface area contributed by atoms with Crippen molar-refractivity contribution in [2.45, 2.75) is 19.9 Å². The Balaban J connectivity index is 1.87. The first-order valence-corrected chi connectivity index (χ1v) is 8.51. The highest BCUT2D eigenvalue weighted by molar-refractivity contribution is 6.35. The number of nitrogens with zero attached hydrogens (tertiary/aromatic N) is 3. The van der Waals surface area contributed by atoms with Gasteiger partial charge in [0.25, 0.3) is 0 Å². The van der Waals surface area contributed by atoms with Gasteiger partial charge in [0.1, 0.15) is 5.02 Å². The molecule has 3 rings (SSSR count). The number of aromatic nitrogens is 2. The summed E-state index contributed by atoms with van der Waals surface area (Å²) >= 11 is 18.5. The number of hydrogen-bond donors (Lipinski definition) is 1. The molecule has 0 unspecified atom stereocenters. The van der Waals surface area contributed by atoms with E-state index in [1.54, 1.807) is 24.0 Å². The van der Waals surface area contributed by atoms with Crippen LogP contribution in [0.5, 0.6) is 0 Å². The van der Waals surface area contributed by atoms with Crippen molar-refractivity contribution in [3.63, 3.8) is 0 Å². The van der Waals surface area contributed by atoms with Gasteiger partial charge in [0.2, 0.25) is 5.95 Å². The Labute approximate surface area is 154 Å². The van der Waals surface area contributed by atoms with Crippen LogP contribution in [-0.2, 0) is 4.79 Å². The molecule has 1 aliphatic rings. The molecule has 8 heteroatoms. The number of benzene rings is 1. The van der Waals surface area contributed by atoms with Gasteiger partial charge in [-0.2, -0.15) is 4.98 Å². The van der Waals surface area contributed by atoms with Crippen molar-refractivity contribution in [2.75, 3.05) is 23.3 Å². The molecule has 0 radical (unpaired) electrons. The minimum absolute atomic E-state index is 0.132. The minimum atomic E-state index is -0.132. The number of aryl methyl sites for hydroxylation is 1. The van der Waals surface area contributed by atoms with Gasteiger partial charge in [0, 0.05) is 10.0 Å². The van der Waals surface area contributed by atoms with Gasteiger partial charge in [-0.1, -0.05) is 40.9 Å². The van der Waals surface area contributed by atoms with Gasteiger partial charge in [-0.05, 0) is 31.5 Å². The van der Waals surface area contributed by atoms with E-state index < -0.39 is 0 Å². The van der Waals surface area contributed by atoms with E-state index in [1.807, 2.05) is 13.0 Å². The lowest BCUT2D eigenvalue weighted by molar-refractivity contribution is -0.119. The number of ketones is 1. The summed E-state index contributed by atoms with van der Waals surface area (Å²) in [6.07, 6.45) is 0. The molecule has 1 saturated heterocycles. The quantitative estimate of drug-likeness (QED) is 0.850. The molecule has 1 aliphatic heterocycles. The van der Waals surface area contributed by atoms with E-state index in [4.69, 9.17) is 34.8 Å². The Bertz CT molecular complexity index is 804. The lowest BCUT2D eigenvalue weighted by atomic mass is 10.1. The molecule has 0 bridgehead atoms. The zero-order valence-corrected chi connectivity index (χ0v) is 15.4. The second kappa shape index (κ2) is 6.75. The zero-order valence-electron chi connectivity index (χ0n) is 13.1. The molecule has 126 valence electrons. The highest BCUT2D eigenvalue weighted by atomic mass is 35.5. The monoisotopic (exact) mass is 384 g/mol. The molecule has 5 nitrogen and oxygen atoms in total. The maximum Gasteiger partial charge on any atom is 0.228 e. The van der Waals surface area contributed by atoms with Crippen LogP contribution in [0.1, 0.15) is 24.2 Å². The number of halogens is 3. The Morgan fingerprint density at radius 2 is 1.92 bits per heavy atom. The minimum Gasteiger partial charge on any atom is -0.362 e. The standard InChI is InChI=1S/C16H15Cl3N4O/c1-8(12-4-3-10(17)5-13(12)18)20-15-14(19)9(2)21-16(22-15)23-6-11(24)7-23/h3-5,8H,6-7H2,1-2H3,(H,20,21,22)/t8-/m1/s1. The maximum absolute atomic E-state index is 11.2. The van der Waals surface area contributed by atoms with Crippen LogP contribution in [0.4, 0.5) is 11.8 Å². The van der Waals surface area contributed by atoms with Crippen molar-refractivity contribution < 1.29 is 4.79 Å². The van der Waals surface area contributed by atoms with Gasteiger partial charge in [-0.25, -0.2) is 4.98 Å². The Morgan fingerprint density at radius 1 is 1.21 bits per heavy atom. The van der Waals surface area contributed by atoms with Crippen LogP contribution in [0.15, 0.2) is 18.2 Å².